The van der Waals surface area contributed by atoms with Crippen molar-refractivity contribution < 1.29 is 17.6 Å². The van der Waals surface area contributed by atoms with Gasteiger partial charge in [-0.15, -0.1) is 0 Å². The van der Waals surface area contributed by atoms with Crippen LogP contribution in [-0.4, -0.2) is 67.1 Å². The Morgan fingerprint density at radius 1 is 1.07 bits per heavy atom. The summed E-state index contributed by atoms with van der Waals surface area (Å²) in [6.45, 7) is 1.54. The van der Waals surface area contributed by atoms with Crippen LogP contribution >= 0.6 is 0 Å². The maximum atomic E-state index is 13.6. The molecule has 2 heterocycles. The highest BCUT2D eigenvalue weighted by atomic mass is 32.2. The van der Waals surface area contributed by atoms with Gasteiger partial charge in [-0.1, -0.05) is 12.1 Å². The molecule has 27 heavy (non-hydrogen) atoms. The number of hydrogen-bond acceptors (Lipinski definition) is 6. The van der Waals surface area contributed by atoms with E-state index in [-0.39, 0.29) is 17.9 Å². The Morgan fingerprint density at radius 2 is 1.74 bits per heavy atom. The molecule has 1 aliphatic rings. The lowest BCUT2D eigenvalue weighted by atomic mass is 10.2. The van der Waals surface area contributed by atoms with E-state index in [1.165, 1.54) is 22.5 Å². The van der Waals surface area contributed by atoms with E-state index >= 15 is 0 Å². The van der Waals surface area contributed by atoms with E-state index in [2.05, 4.69) is 15.3 Å². The van der Waals surface area contributed by atoms with Gasteiger partial charge in [0.2, 0.25) is 16.0 Å². The maximum absolute atomic E-state index is 13.6. The normalized spacial score (nSPS) is 15.5. The Hall–Kier alpha value is -2.59. The third-order valence-electron chi connectivity index (χ3n) is 4.23. The molecule has 1 N–H and O–H groups in total. The third-order valence-corrected chi connectivity index (χ3v) is 6.10. The van der Waals surface area contributed by atoms with E-state index in [0.717, 1.165) is 0 Å². The summed E-state index contributed by atoms with van der Waals surface area (Å²) in [7, 11) is -3.52. The van der Waals surface area contributed by atoms with Gasteiger partial charge in [-0.2, -0.15) is 4.31 Å². The second kappa shape index (κ2) is 8.40. The predicted octanol–water partition coefficient (Wildman–Crippen LogP) is 0.498. The first kappa shape index (κ1) is 19.2. The van der Waals surface area contributed by atoms with Gasteiger partial charge in [0.15, 0.2) is 0 Å². The van der Waals surface area contributed by atoms with Crippen LogP contribution in [0.15, 0.2) is 42.7 Å². The van der Waals surface area contributed by atoms with Crippen molar-refractivity contribution in [3.8, 4) is 0 Å². The molecule has 2 aromatic rings. The van der Waals surface area contributed by atoms with Crippen LogP contribution in [0, 0.1) is 5.82 Å². The number of halogens is 1. The van der Waals surface area contributed by atoms with Crippen LogP contribution in [0.1, 0.15) is 10.4 Å². The molecule has 1 fully saturated rings. The average molecular weight is 393 g/mol. The largest absolute Gasteiger partial charge is 0.351 e. The van der Waals surface area contributed by atoms with Crippen molar-refractivity contribution in [2.75, 3.05) is 43.4 Å². The van der Waals surface area contributed by atoms with E-state index in [0.29, 0.717) is 32.1 Å². The van der Waals surface area contributed by atoms with Gasteiger partial charge in [-0.25, -0.2) is 22.8 Å². The Bertz CT molecular complexity index is 886. The lowest BCUT2D eigenvalue weighted by Crippen LogP contribution is -2.50. The molecular weight excluding hydrogens is 373 g/mol. The number of anilines is 1. The van der Waals surface area contributed by atoms with Gasteiger partial charge in [0.05, 0.1) is 11.3 Å². The summed E-state index contributed by atoms with van der Waals surface area (Å²) in [6, 6.07) is 7.28. The molecule has 0 bridgehead atoms. The number of benzene rings is 1. The Labute approximate surface area is 157 Å². The Morgan fingerprint density at radius 3 is 2.41 bits per heavy atom. The molecule has 144 valence electrons. The first-order valence-electron chi connectivity index (χ1n) is 8.50. The summed E-state index contributed by atoms with van der Waals surface area (Å²) < 4.78 is 39.9. The van der Waals surface area contributed by atoms with E-state index in [9.17, 15) is 17.6 Å². The number of rotatable bonds is 6. The van der Waals surface area contributed by atoms with Gasteiger partial charge in [0, 0.05) is 45.1 Å². The van der Waals surface area contributed by atoms with Crippen LogP contribution in [0.2, 0.25) is 0 Å². The maximum Gasteiger partial charge on any atom is 0.254 e. The molecule has 1 amide bonds. The van der Waals surface area contributed by atoms with Gasteiger partial charge in [-0.3, -0.25) is 4.79 Å². The second-order valence-electron chi connectivity index (χ2n) is 5.99. The number of piperazine rings is 1. The van der Waals surface area contributed by atoms with Crippen molar-refractivity contribution in [1.29, 1.82) is 0 Å². The van der Waals surface area contributed by atoms with Gasteiger partial charge < -0.3 is 10.2 Å². The van der Waals surface area contributed by atoms with Crippen molar-refractivity contribution in [3.63, 3.8) is 0 Å². The smallest absolute Gasteiger partial charge is 0.254 e. The highest BCUT2D eigenvalue weighted by molar-refractivity contribution is 7.89. The zero-order valence-electron chi connectivity index (χ0n) is 14.6. The number of carbonyl (C=O) groups is 1. The molecule has 1 saturated heterocycles. The molecule has 0 aliphatic carbocycles. The number of hydrogen-bond donors (Lipinski definition) is 1. The summed E-state index contributed by atoms with van der Waals surface area (Å²) in [5.74, 6) is -0.937. The standard InChI is InChI=1S/C17H20FN5O3S/c18-15-5-2-1-4-14(15)16(24)19-8-13-27(25,26)23-11-9-22(10-12-23)17-20-6-3-7-21-17/h1-7H,8-13H2,(H,19,24). The van der Waals surface area contributed by atoms with Gasteiger partial charge >= 0.3 is 0 Å². The summed E-state index contributed by atoms with van der Waals surface area (Å²) >= 11 is 0. The van der Waals surface area contributed by atoms with Crippen molar-refractivity contribution >= 4 is 21.9 Å². The predicted molar refractivity (Wildman–Crippen MR) is 98.3 cm³/mol. The minimum absolute atomic E-state index is 0.0858. The molecule has 0 saturated carbocycles. The Balaban J connectivity index is 1.49. The van der Waals surface area contributed by atoms with Gasteiger partial charge in [0.1, 0.15) is 5.82 Å². The van der Waals surface area contributed by atoms with Crippen LogP contribution in [0.4, 0.5) is 10.3 Å². The number of sulfonamides is 1. The van der Waals surface area contributed by atoms with Gasteiger partial charge in [-0.05, 0) is 18.2 Å². The first-order chi connectivity index (χ1) is 13.0. The molecule has 1 aliphatic heterocycles. The first-order valence-corrected chi connectivity index (χ1v) is 10.1. The SMILES string of the molecule is O=C(NCCS(=O)(=O)N1CCN(c2ncccn2)CC1)c1ccccc1F. The van der Waals surface area contributed by atoms with Crippen LogP contribution in [0.5, 0.6) is 0 Å². The number of nitrogens with one attached hydrogen (secondary N) is 1. The lowest BCUT2D eigenvalue weighted by molar-refractivity contribution is 0.0952. The topological polar surface area (TPSA) is 95.5 Å². The van der Waals surface area contributed by atoms with E-state index in [1.807, 2.05) is 4.90 Å². The molecule has 0 atom stereocenters. The lowest BCUT2D eigenvalue weighted by Gasteiger charge is -2.33. The zero-order chi connectivity index (χ0) is 19.3. The van der Waals surface area contributed by atoms with Crippen molar-refractivity contribution in [1.82, 2.24) is 19.6 Å². The highest BCUT2D eigenvalue weighted by Crippen LogP contribution is 2.12. The molecule has 1 aromatic carbocycles. The fraction of sp³-hybridized carbons (Fsp3) is 0.353. The molecule has 1 aromatic heterocycles. The minimum Gasteiger partial charge on any atom is -0.351 e. The van der Waals surface area contributed by atoms with Gasteiger partial charge in [0.25, 0.3) is 5.91 Å². The fourth-order valence-corrected chi connectivity index (χ4v) is 4.12. The van der Waals surface area contributed by atoms with Crippen molar-refractivity contribution in [2.45, 2.75) is 0 Å². The quantitative estimate of drug-likeness (QED) is 0.768. The zero-order valence-corrected chi connectivity index (χ0v) is 15.4. The van der Waals surface area contributed by atoms with Crippen LogP contribution in [-0.2, 0) is 10.0 Å². The highest BCUT2D eigenvalue weighted by Gasteiger charge is 2.27. The van der Waals surface area contributed by atoms with Crippen LogP contribution in [0.3, 0.4) is 0 Å². The molecule has 0 radical (unpaired) electrons. The van der Waals surface area contributed by atoms with Crippen molar-refractivity contribution in [3.05, 3.63) is 54.1 Å². The Kier molecular flexibility index (Phi) is 5.97. The van der Waals surface area contributed by atoms with E-state index in [1.54, 1.807) is 24.5 Å². The number of aromatic nitrogens is 2. The van der Waals surface area contributed by atoms with Crippen molar-refractivity contribution in [2.24, 2.45) is 0 Å². The molecule has 10 heteroatoms. The summed E-state index contributed by atoms with van der Waals surface area (Å²) in [6.07, 6.45) is 3.29. The molecule has 3 rings (SSSR count). The van der Waals surface area contributed by atoms with E-state index in [4.69, 9.17) is 0 Å². The van der Waals surface area contributed by atoms with Crippen LogP contribution in [0.25, 0.3) is 0 Å². The van der Waals surface area contributed by atoms with Crippen LogP contribution < -0.4 is 10.2 Å². The monoisotopic (exact) mass is 393 g/mol. The summed E-state index contributed by atoms with van der Waals surface area (Å²) in [5.41, 5.74) is -0.105. The number of carbonyl (C=O) groups excluding carboxylic acids is 1. The molecule has 8 nitrogen and oxygen atoms in total. The molecule has 0 spiro atoms. The second-order valence-corrected chi connectivity index (χ2v) is 8.08. The molecule has 0 unspecified atom stereocenters. The average Bonchev–Trinajstić information content (AvgIpc) is 2.69. The summed E-state index contributed by atoms with van der Waals surface area (Å²) in [5, 5.41) is 2.45. The molecular formula is C17H20FN5O3S. The third kappa shape index (κ3) is 4.77. The number of nitrogens with zero attached hydrogens (tertiary/aromatic N) is 4. The fourth-order valence-electron chi connectivity index (χ4n) is 2.78. The minimum atomic E-state index is -3.52. The van der Waals surface area contributed by atoms with E-state index < -0.39 is 21.7 Å². The number of amides is 1. The summed E-state index contributed by atoms with van der Waals surface area (Å²) in [4.78, 5) is 22.2.